The smallest absolute Gasteiger partial charge is 0.150 e. The van der Waals surface area contributed by atoms with Crippen LogP contribution in [0.5, 0.6) is 0 Å². The van der Waals surface area contributed by atoms with Crippen LogP contribution in [0.25, 0.3) is 0 Å². The van der Waals surface area contributed by atoms with Crippen molar-refractivity contribution < 1.29 is 9.90 Å². The fourth-order valence-electron chi connectivity index (χ4n) is 8.06. The number of rotatable bonds is 3. The largest absolute Gasteiger partial charge is 0.393 e. The van der Waals surface area contributed by atoms with Crippen LogP contribution < -0.4 is 5.32 Å². The summed E-state index contributed by atoms with van der Waals surface area (Å²) >= 11 is 0. The zero-order valence-corrected chi connectivity index (χ0v) is 17.6. The van der Waals surface area contributed by atoms with Crippen molar-refractivity contribution in [2.75, 3.05) is 13.6 Å². The average Bonchev–Trinajstić information content (AvgIpc) is 2.93. The number of Topliss-reactive ketones (excluding diaryl/α,β-unsaturated/α-hetero) is 1. The van der Waals surface area contributed by atoms with E-state index in [0.717, 1.165) is 42.9 Å². The van der Waals surface area contributed by atoms with Gasteiger partial charge in [0.15, 0.2) is 0 Å². The maximum Gasteiger partial charge on any atom is 0.150 e. The Hall–Kier alpha value is -0.120. The number of hydrogen-bond donors (Lipinski definition) is 2. The molecule has 0 aliphatic heterocycles. The number of halogens is 1. The first-order chi connectivity index (χ1) is 11.9. The molecule has 4 aliphatic carbocycles. The predicted octanol–water partition coefficient (Wildman–Crippen LogP) is 4.22. The van der Waals surface area contributed by atoms with Crippen molar-refractivity contribution in [2.24, 2.45) is 40.4 Å². The van der Waals surface area contributed by atoms with Gasteiger partial charge in [-0.05, 0) is 99.3 Å². The van der Waals surface area contributed by atoms with Gasteiger partial charge in [0, 0.05) is 5.92 Å². The molecular weight excluding hydrogens is 346 g/mol. The Morgan fingerprint density at radius 2 is 1.69 bits per heavy atom. The van der Waals surface area contributed by atoms with Crippen LogP contribution in [0.1, 0.15) is 71.6 Å². The Kier molecular flexibility index (Phi) is 5.84. The van der Waals surface area contributed by atoms with E-state index in [-0.39, 0.29) is 29.8 Å². The molecule has 4 heteroatoms. The highest BCUT2D eigenvalue weighted by Crippen LogP contribution is 2.67. The van der Waals surface area contributed by atoms with Crippen LogP contribution >= 0.6 is 12.4 Å². The molecular formula is C22H38ClNO2. The van der Waals surface area contributed by atoms with Crippen LogP contribution in [0, 0.1) is 40.4 Å². The van der Waals surface area contributed by atoms with Gasteiger partial charge >= 0.3 is 0 Å². The molecule has 0 aromatic rings. The van der Waals surface area contributed by atoms with Crippen LogP contribution in [0.15, 0.2) is 0 Å². The lowest BCUT2D eigenvalue weighted by Crippen LogP contribution is -2.54. The summed E-state index contributed by atoms with van der Waals surface area (Å²) in [6.07, 6.45) is 10.8. The van der Waals surface area contributed by atoms with Gasteiger partial charge in [-0.3, -0.25) is 4.79 Å². The third-order valence-electron chi connectivity index (χ3n) is 9.38. The summed E-state index contributed by atoms with van der Waals surface area (Å²) in [5, 5.41) is 13.2. The molecule has 0 radical (unpaired) electrons. The fourth-order valence-corrected chi connectivity index (χ4v) is 8.06. The molecule has 8 atom stereocenters. The highest BCUT2D eigenvalue weighted by atomic mass is 35.5. The summed E-state index contributed by atoms with van der Waals surface area (Å²) in [4.78, 5) is 12.7. The van der Waals surface area contributed by atoms with Gasteiger partial charge in [0.05, 0.1) is 12.6 Å². The minimum absolute atomic E-state index is 0. The van der Waals surface area contributed by atoms with Crippen molar-refractivity contribution in [1.29, 1.82) is 0 Å². The second-order valence-electron chi connectivity index (χ2n) is 10.3. The van der Waals surface area contributed by atoms with Crippen LogP contribution in [-0.2, 0) is 4.79 Å². The van der Waals surface area contributed by atoms with Crippen LogP contribution in [0.3, 0.4) is 0 Å². The first-order valence-electron chi connectivity index (χ1n) is 10.8. The van der Waals surface area contributed by atoms with Gasteiger partial charge in [-0.15, -0.1) is 12.4 Å². The highest BCUT2D eigenvalue weighted by molar-refractivity contribution is 5.85. The zero-order valence-electron chi connectivity index (χ0n) is 16.8. The van der Waals surface area contributed by atoms with Gasteiger partial charge in [-0.1, -0.05) is 13.8 Å². The zero-order chi connectivity index (χ0) is 17.8. The second kappa shape index (κ2) is 7.37. The maximum atomic E-state index is 12.7. The average molecular weight is 384 g/mol. The summed E-state index contributed by atoms with van der Waals surface area (Å²) in [5.41, 5.74) is 0.684. The Balaban J connectivity index is 0.00000196. The number of likely N-dealkylation sites (N-methyl/N-ethyl adjacent to an activating group) is 1. The molecule has 0 aromatic carbocycles. The Labute approximate surface area is 165 Å². The van der Waals surface area contributed by atoms with Crippen molar-refractivity contribution in [2.45, 2.75) is 77.7 Å². The number of carbonyl (C=O) groups excluding carboxylic acids is 1. The summed E-state index contributed by atoms with van der Waals surface area (Å²) in [5.74, 6) is 3.86. The Bertz CT molecular complexity index is 540. The molecule has 4 saturated carbocycles. The standard InChI is InChI=1S/C22H37NO2.ClH/c1-21-10-8-15(24)12-14(21)4-5-16-17-6-7-19(20(25)13-23-3)22(17,2)11-9-18(16)21;/h14-19,23-24H,4-13H2,1-3H3;1H/t14?,15?,16-,17-,18-,19+,21-,22-;/m0./s1. The topological polar surface area (TPSA) is 49.3 Å². The molecule has 4 rings (SSSR count). The highest BCUT2D eigenvalue weighted by Gasteiger charge is 2.60. The van der Waals surface area contributed by atoms with Gasteiger partial charge < -0.3 is 10.4 Å². The fraction of sp³-hybridized carbons (Fsp3) is 0.955. The van der Waals surface area contributed by atoms with Gasteiger partial charge in [-0.2, -0.15) is 0 Å². The van der Waals surface area contributed by atoms with E-state index in [2.05, 4.69) is 19.2 Å². The molecule has 0 aromatic heterocycles. The van der Waals surface area contributed by atoms with E-state index in [1.165, 1.54) is 38.5 Å². The molecule has 150 valence electrons. The molecule has 0 bridgehead atoms. The van der Waals surface area contributed by atoms with Gasteiger partial charge in [0.1, 0.15) is 5.78 Å². The summed E-state index contributed by atoms with van der Waals surface area (Å²) < 4.78 is 0. The molecule has 3 nitrogen and oxygen atoms in total. The third-order valence-corrected chi connectivity index (χ3v) is 9.38. The lowest BCUT2D eigenvalue weighted by molar-refractivity contribution is -0.139. The Morgan fingerprint density at radius 1 is 1.00 bits per heavy atom. The molecule has 26 heavy (non-hydrogen) atoms. The summed E-state index contributed by atoms with van der Waals surface area (Å²) in [7, 11) is 1.89. The first-order valence-corrected chi connectivity index (χ1v) is 10.8. The summed E-state index contributed by atoms with van der Waals surface area (Å²) in [6, 6.07) is 0. The summed E-state index contributed by atoms with van der Waals surface area (Å²) in [6.45, 7) is 5.53. The molecule has 2 unspecified atom stereocenters. The molecule has 0 spiro atoms. The minimum Gasteiger partial charge on any atom is -0.393 e. The number of ketones is 1. The van der Waals surface area contributed by atoms with Crippen LogP contribution in [0.2, 0.25) is 0 Å². The predicted molar refractivity (Wildman–Crippen MR) is 107 cm³/mol. The van der Waals surface area contributed by atoms with E-state index in [1.807, 2.05) is 7.05 Å². The quantitative estimate of drug-likeness (QED) is 0.767. The third kappa shape index (κ3) is 2.97. The van der Waals surface area contributed by atoms with E-state index in [1.54, 1.807) is 0 Å². The van der Waals surface area contributed by atoms with Crippen molar-refractivity contribution >= 4 is 18.2 Å². The van der Waals surface area contributed by atoms with Crippen molar-refractivity contribution in [3.05, 3.63) is 0 Å². The number of carbonyl (C=O) groups is 1. The Morgan fingerprint density at radius 3 is 2.42 bits per heavy atom. The number of fused-ring (bicyclic) bond motifs is 5. The van der Waals surface area contributed by atoms with Gasteiger partial charge in [0.2, 0.25) is 0 Å². The molecule has 0 amide bonds. The lowest BCUT2D eigenvalue weighted by atomic mass is 9.44. The monoisotopic (exact) mass is 383 g/mol. The van der Waals surface area contributed by atoms with Crippen molar-refractivity contribution in [3.8, 4) is 0 Å². The maximum absolute atomic E-state index is 12.7. The van der Waals surface area contributed by atoms with Crippen molar-refractivity contribution in [1.82, 2.24) is 5.32 Å². The normalized spacial score (nSPS) is 50.2. The van der Waals surface area contributed by atoms with Crippen LogP contribution in [0.4, 0.5) is 0 Å². The lowest BCUT2D eigenvalue weighted by Gasteiger charge is -2.60. The number of nitrogens with one attached hydrogen (secondary N) is 1. The van der Waals surface area contributed by atoms with Gasteiger partial charge in [0.25, 0.3) is 0 Å². The van der Waals surface area contributed by atoms with Crippen molar-refractivity contribution in [3.63, 3.8) is 0 Å². The minimum atomic E-state index is -0.0569. The molecule has 0 heterocycles. The first kappa shape index (κ1) is 20.6. The molecule has 2 N–H and O–H groups in total. The number of aliphatic hydroxyl groups excluding tert-OH is 1. The number of aliphatic hydroxyl groups is 1. The van der Waals surface area contributed by atoms with E-state index < -0.39 is 0 Å². The number of hydrogen-bond acceptors (Lipinski definition) is 3. The van der Waals surface area contributed by atoms with E-state index in [9.17, 15) is 9.90 Å². The second-order valence-corrected chi connectivity index (χ2v) is 10.3. The molecule has 4 fully saturated rings. The van der Waals surface area contributed by atoms with E-state index in [0.29, 0.717) is 17.7 Å². The molecule has 4 aliphatic rings. The van der Waals surface area contributed by atoms with Crippen LogP contribution in [-0.4, -0.2) is 30.6 Å². The molecule has 0 saturated heterocycles. The van der Waals surface area contributed by atoms with E-state index >= 15 is 0 Å². The SMILES string of the molecule is CNCC(=O)[C@H]1CC[C@H]2[C@@H]3CCC4CC(O)CC[C@]4(C)[C@H]3CC[C@]12C.Cl. The van der Waals surface area contributed by atoms with E-state index in [4.69, 9.17) is 0 Å². The van der Waals surface area contributed by atoms with Gasteiger partial charge in [-0.25, -0.2) is 0 Å².